The SMILES string of the molecule is COc1cccc(C2CN(C(=O)Cc3cn4ccccc4n3)C2)c1. The maximum Gasteiger partial charge on any atom is 0.228 e. The van der Waals surface area contributed by atoms with Crippen LogP contribution < -0.4 is 4.74 Å². The summed E-state index contributed by atoms with van der Waals surface area (Å²) in [5, 5.41) is 0. The average molecular weight is 321 g/mol. The Morgan fingerprint density at radius 2 is 2.12 bits per heavy atom. The molecule has 3 aromatic rings. The van der Waals surface area contributed by atoms with Crippen LogP contribution in [0.1, 0.15) is 17.2 Å². The van der Waals surface area contributed by atoms with Gasteiger partial charge in [-0.05, 0) is 29.8 Å². The van der Waals surface area contributed by atoms with Gasteiger partial charge in [-0.25, -0.2) is 4.98 Å². The highest BCUT2D eigenvalue weighted by Crippen LogP contribution is 2.29. The first-order chi connectivity index (χ1) is 11.7. The lowest BCUT2D eigenvalue weighted by Gasteiger charge is -2.39. The Balaban J connectivity index is 1.38. The molecule has 1 aliphatic rings. The number of pyridine rings is 1. The molecular weight excluding hydrogens is 302 g/mol. The summed E-state index contributed by atoms with van der Waals surface area (Å²) < 4.78 is 7.21. The number of hydrogen-bond donors (Lipinski definition) is 0. The molecule has 122 valence electrons. The highest BCUT2D eigenvalue weighted by molar-refractivity contribution is 5.79. The number of ether oxygens (including phenoxy) is 1. The molecule has 1 amide bonds. The van der Waals surface area contributed by atoms with Gasteiger partial charge in [0.25, 0.3) is 0 Å². The summed E-state index contributed by atoms with van der Waals surface area (Å²) in [7, 11) is 1.67. The lowest BCUT2D eigenvalue weighted by Crippen LogP contribution is -2.49. The fourth-order valence-electron chi connectivity index (χ4n) is 3.13. The Morgan fingerprint density at radius 3 is 2.92 bits per heavy atom. The minimum Gasteiger partial charge on any atom is -0.497 e. The minimum absolute atomic E-state index is 0.137. The summed E-state index contributed by atoms with van der Waals surface area (Å²) in [6.45, 7) is 1.53. The third-order valence-electron chi connectivity index (χ3n) is 4.55. The Kier molecular flexibility index (Phi) is 3.69. The van der Waals surface area contributed by atoms with Crippen LogP contribution in [0.3, 0.4) is 0 Å². The Hall–Kier alpha value is -2.82. The van der Waals surface area contributed by atoms with Crippen molar-refractivity contribution in [1.82, 2.24) is 14.3 Å². The van der Waals surface area contributed by atoms with E-state index in [9.17, 15) is 4.79 Å². The van der Waals surface area contributed by atoms with E-state index in [1.54, 1.807) is 7.11 Å². The summed E-state index contributed by atoms with van der Waals surface area (Å²) >= 11 is 0. The number of imidazole rings is 1. The first kappa shape index (κ1) is 14.8. The van der Waals surface area contributed by atoms with Gasteiger partial charge in [-0.1, -0.05) is 18.2 Å². The van der Waals surface area contributed by atoms with Gasteiger partial charge < -0.3 is 14.0 Å². The molecule has 0 radical (unpaired) electrons. The van der Waals surface area contributed by atoms with Crippen molar-refractivity contribution in [3.05, 3.63) is 66.1 Å². The first-order valence-electron chi connectivity index (χ1n) is 8.07. The van der Waals surface area contributed by atoms with Crippen molar-refractivity contribution >= 4 is 11.6 Å². The number of carbonyl (C=O) groups is 1. The topological polar surface area (TPSA) is 46.8 Å². The normalized spacial score (nSPS) is 14.6. The van der Waals surface area contributed by atoms with Crippen LogP contribution in [-0.4, -0.2) is 40.4 Å². The molecule has 1 saturated heterocycles. The summed E-state index contributed by atoms with van der Waals surface area (Å²) in [6.07, 6.45) is 4.22. The van der Waals surface area contributed by atoms with Crippen molar-refractivity contribution in [2.75, 3.05) is 20.2 Å². The molecule has 24 heavy (non-hydrogen) atoms. The van der Waals surface area contributed by atoms with Crippen LogP contribution in [0, 0.1) is 0 Å². The van der Waals surface area contributed by atoms with Crippen molar-refractivity contribution in [3.8, 4) is 5.75 Å². The van der Waals surface area contributed by atoms with E-state index >= 15 is 0 Å². The number of hydrogen-bond acceptors (Lipinski definition) is 3. The predicted molar refractivity (Wildman–Crippen MR) is 91.2 cm³/mol. The van der Waals surface area contributed by atoms with E-state index in [4.69, 9.17) is 4.74 Å². The third-order valence-corrected chi connectivity index (χ3v) is 4.55. The minimum atomic E-state index is 0.137. The smallest absolute Gasteiger partial charge is 0.228 e. The number of nitrogens with zero attached hydrogens (tertiary/aromatic N) is 3. The van der Waals surface area contributed by atoms with E-state index in [0.29, 0.717) is 12.3 Å². The highest BCUT2D eigenvalue weighted by Gasteiger charge is 2.31. The van der Waals surface area contributed by atoms with Crippen LogP contribution in [0.15, 0.2) is 54.9 Å². The standard InChI is InChI=1S/C19H19N3O2/c1-24-17-6-4-5-14(9-17)15-11-22(12-15)19(23)10-16-13-21-8-3-2-7-18(21)20-16/h2-9,13,15H,10-12H2,1H3. The van der Waals surface area contributed by atoms with Crippen LogP contribution in [-0.2, 0) is 11.2 Å². The van der Waals surface area contributed by atoms with Crippen molar-refractivity contribution in [1.29, 1.82) is 0 Å². The van der Waals surface area contributed by atoms with Gasteiger partial charge >= 0.3 is 0 Å². The summed E-state index contributed by atoms with van der Waals surface area (Å²) in [5.41, 5.74) is 2.92. The van der Waals surface area contributed by atoms with E-state index in [1.165, 1.54) is 5.56 Å². The van der Waals surface area contributed by atoms with Gasteiger partial charge in [-0.15, -0.1) is 0 Å². The second-order valence-corrected chi connectivity index (χ2v) is 6.15. The molecule has 0 saturated carbocycles. The van der Waals surface area contributed by atoms with Gasteiger partial charge in [0.15, 0.2) is 0 Å². The molecule has 1 aromatic carbocycles. The van der Waals surface area contributed by atoms with Crippen LogP contribution in [0.25, 0.3) is 5.65 Å². The number of carbonyl (C=O) groups excluding carboxylic acids is 1. The molecular formula is C19H19N3O2. The van der Waals surface area contributed by atoms with Crippen molar-refractivity contribution in [2.24, 2.45) is 0 Å². The first-order valence-corrected chi connectivity index (χ1v) is 8.07. The molecule has 0 unspecified atom stereocenters. The molecule has 0 aliphatic carbocycles. The number of methoxy groups -OCH3 is 1. The number of amides is 1. The Bertz CT molecular complexity index is 848. The average Bonchev–Trinajstić information content (AvgIpc) is 2.95. The zero-order valence-electron chi connectivity index (χ0n) is 13.6. The van der Waals surface area contributed by atoms with Crippen LogP contribution >= 0.6 is 0 Å². The molecule has 0 N–H and O–H groups in total. The van der Waals surface area contributed by atoms with E-state index in [0.717, 1.165) is 30.2 Å². The van der Waals surface area contributed by atoms with Crippen molar-refractivity contribution < 1.29 is 9.53 Å². The monoisotopic (exact) mass is 321 g/mol. The Labute approximate surface area is 140 Å². The molecule has 5 heteroatoms. The largest absolute Gasteiger partial charge is 0.497 e. The van der Waals surface area contributed by atoms with Crippen molar-refractivity contribution in [2.45, 2.75) is 12.3 Å². The third kappa shape index (κ3) is 2.73. The number of fused-ring (bicyclic) bond motifs is 1. The fraction of sp³-hybridized carbons (Fsp3) is 0.263. The van der Waals surface area contributed by atoms with Gasteiger partial charge in [-0.3, -0.25) is 4.79 Å². The van der Waals surface area contributed by atoms with Gasteiger partial charge in [0.1, 0.15) is 11.4 Å². The van der Waals surface area contributed by atoms with Crippen molar-refractivity contribution in [3.63, 3.8) is 0 Å². The zero-order valence-corrected chi connectivity index (χ0v) is 13.6. The zero-order chi connectivity index (χ0) is 16.5. The second-order valence-electron chi connectivity index (χ2n) is 6.15. The quantitative estimate of drug-likeness (QED) is 0.742. The van der Waals surface area contributed by atoms with Crippen LogP contribution in [0.4, 0.5) is 0 Å². The number of likely N-dealkylation sites (tertiary alicyclic amines) is 1. The fourth-order valence-corrected chi connectivity index (χ4v) is 3.13. The molecule has 1 fully saturated rings. The second kappa shape index (κ2) is 6.00. The van der Waals surface area contributed by atoms with Gasteiger partial charge in [0.05, 0.1) is 19.2 Å². The molecule has 5 nitrogen and oxygen atoms in total. The molecule has 1 aliphatic heterocycles. The van der Waals surface area contributed by atoms with Gasteiger partial charge in [0.2, 0.25) is 5.91 Å². The lowest BCUT2D eigenvalue weighted by molar-refractivity contribution is -0.134. The maximum atomic E-state index is 12.4. The number of aromatic nitrogens is 2. The molecule has 3 heterocycles. The molecule has 0 spiro atoms. The number of benzene rings is 1. The van der Waals surface area contributed by atoms with Crippen LogP contribution in [0.5, 0.6) is 5.75 Å². The van der Waals surface area contributed by atoms with E-state index in [2.05, 4.69) is 17.1 Å². The van der Waals surface area contributed by atoms with E-state index in [1.807, 2.05) is 52.0 Å². The summed E-state index contributed by atoms with van der Waals surface area (Å²) in [4.78, 5) is 18.8. The molecule has 2 aromatic heterocycles. The van der Waals surface area contributed by atoms with Crippen LogP contribution in [0.2, 0.25) is 0 Å². The molecule has 0 bridgehead atoms. The van der Waals surface area contributed by atoms with Gasteiger partial charge in [-0.2, -0.15) is 0 Å². The highest BCUT2D eigenvalue weighted by atomic mass is 16.5. The number of rotatable bonds is 4. The van der Waals surface area contributed by atoms with E-state index < -0.39 is 0 Å². The molecule has 0 atom stereocenters. The summed E-state index contributed by atoms with van der Waals surface area (Å²) in [6, 6.07) is 13.9. The lowest BCUT2D eigenvalue weighted by atomic mass is 9.91. The predicted octanol–water partition coefficient (Wildman–Crippen LogP) is 2.51. The molecule has 4 rings (SSSR count). The maximum absolute atomic E-state index is 12.4. The Morgan fingerprint density at radius 1 is 1.25 bits per heavy atom. The van der Waals surface area contributed by atoms with E-state index in [-0.39, 0.29) is 5.91 Å². The summed E-state index contributed by atoms with van der Waals surface area (Å²) in [5.74, 6) is 1.39. The van der Waals surface area contributed by atoms with Gasteiger partial charge in [0, 0.05) is 31.4 Å².